The average Bonchev–Trinajstić information content (AvgIpc) is 2.57. The third-order valence-electron chi connectivity index (χ3n) is 3.21. The van der Waals surface area contributed by atoms with Gasteiger partial charge in [-0.2, -0.15) is 0 Å². The topological polar surface area (TPSA) is 44.8 Å². The summed E-state index contributed by atoms with van der Waals surface area (Å²) in [4.78, 5) is 11.9. The summed E-state index contributed by atoms with van der Waals surface area (Å²) < 4.78 is 16.4. The summed E-state index contributed by atoms with van der Waals surface area (Å²) in [6, 6.07) is 9.80. The lowest BCUT2D eigenvalue weighted by Gasteiger charge is -2.17. The Balaban J connectivity index is 2.20. The maximum atomic E-state index is 11.9. The second-order valence-corrected chi connectivity index (χ2v) is 6.29. The van der Waals surface area contributed by atoms with Crippen molar-refractivity contribution in [1.29, 1.82) is 0 Å². The number of rotatable bonds is 7. The van der Waals surface area contributed by atoms with Gasteiger partial charge in [0, 0.05) is 11.1 Å². The van der Waals surface area contributed by atoms with Crippen LogP contribution in [0.5, 0.6) is 17.2 Å². The molecule has 0 aliphatic carbocycles. The third-order valence-corrected chi connectivity index (χ3v) is 4.06. The molecule has 0 fully saturated rings. The Morgan fingerprint density at radius 3 is 2.40 bits per heavy atom. The normalized spacial score (nSPS) is 11.7. The lowest BCUT2D eigenvalue weighted by atomic mass is 10.2. The average molecular weight is 404 g/mol. The van der Waals surface area contributed by atoms with Crippen LogP contribution in [0.4, 0.5) is 0 Å². The summed E-state index contributed by atoms with van der Waals surface area (Å²) in [6.07, 6.45) is -0.296. The van der Waals surface area contributed by atoms with Crippen LogP contribution in [0, 0.1) is 0 Å². The van der Waals surface area contributed by atoms with Gasteiger partial charge in [-0.3, -0.25) is 0 Å². The summed E-state index contributed by atoms with van der Waals surface area (Å²) in [5.41, 5.74) is 0. The van der Waals surface area contributed by atoms with Crippen molar-refractivity contribution in [2.45, 2.75) is 26.4 Å². The Morgan fingerprint density at radius 2 is 1.76 bits per heavy atom. The smallest absolute Gasteiger partial charge is 0.347 e. The van der Waals surface area contributed by atoms with Gasteiger partial charge in [0.15, 0.2) is 6.10 Å². The second kappa shape index (κ2) is 9.18. The zero-order valence-electron chi connectivity index (χ0n) is 13.7. The molecule has 2 rings (SSSR count). The molecule has 4 nitrogen and oxygen atoms in total. The number of hydrogen-bond acceptors (Lipinski definition) is 4. The van der Waals surface area contributed by atoms with Gasteiger partial charge >= 0.3 is 5.97 Å². The molecule has 1 unspecified atom stereocenters. The van der Waals surface area contributed by atoms with Crippen LogP contribution in [0.25, 0.3) is 0 Å². The maximum absolute atomic E-state index is 11.9. The van der Waals surface area contributed by atoms with E-state index in [-0.39, 0.29) is 6.61 Å². The lowest BCUT2D eigenvalue weighted by molar-refractivity contribution is -0.151. The first-order valence-electron chi connectivity index (χ1n) is 7.70. The molecule has 0 aromatic heterocycles. The first kappa shape index (κ1) is 19.7. The van der Waals surface area contributed by atoms with E-state index >= 15 is 0 Å². The molecule has 2 aromatic rings. The number of hydrogen-bond donors (Lipinski definition) is 0. The Labute approximate surface area is 161 Å². The zero-order valence-corrected chi connectivity index (χ0v) is 16.0. The molecule has 7 heteroatoms. The fraction of sp³-hybridized carbons (Fsp3) is 0.278. The summed E-state index contributed by atoms with van der Waals surface area (Å²) in [5.74, 6) is 0.788. The van der Waals surface area contributed by atoms with Gasteiger partial charge in [0.05, 0.1) is 16.7 Å². The largest absolute Gasteiger partial charge is 0.477 e. The van der Waals surface area contributed by atoms with Crippen molar-refractivity contribution < 1.29 is 19.0 Å². The van der Waals surface area contributed by atoms with E-state index in [0.717, 1.165) is 0 Å². The van der Waals surface area contributed by atoms with Crippen molar-refractivity contribution in [1.82, 2.24) is 0 Å². The first-order valence-corrected chi connectivity index (χ1v) is 8.83. The molecule has 0 radical (unpaired) electrons. The van der Waals surface area contributed by atoms with E-state index in [0.29, 0.717) is 38.7 Å². The summed E-state index contributed by atoms with van der Waals surface area (Å²) in [6.45, 7) is 3.84. The van der Waals surface area contributed by atoms with Crippen LogP contribution in [-0.2, 0) is 9.53 Å². The van der Waals surface area contributed by atoms with E-state index in [4.69, 9.17) is 49.0 Å². The Bertz CT molecular complexity index is 749. The maximum Gasteiger partial charge on any atom is 0.347 e. The number of halogens is 3. The minimum absolute atomic E-state index is 0.282. The first-order chi connectivity index (χ1) is 11.9. The van der Waals surface area contributed by atoms with Gasteiger partial charge in [0.25, 0.3) is 0 Å². The monoisotopic (exact) mass is 402 g/mol. The Morgan fingerprint density at radius 1 is 1.00 bits per heavy atom. The van der Waals surface area contributed by atoms with Gasteiger partial charge in [-0.05, 0) is 43.7 Å². The van der Waals surface area contributed by atoms with E-state index in [1.807, 2.05) is 6.92 Å². The van der Waals surface area contributed by atoms with Crippen LogP contribution >= 0.6 is 34.8 Å². The second-order valence-electron chi connectivity index (χ2n) is 5.04. The number of carbonyl (C=O) groups excluding carboxylic acids is 1. The van der Waals surface area contributed by atoms with E-state index in [9.17, 15) is 4.79 Å². The van der Waals surface area contributed by atoms with Gasteiger partial charge in [-0.1, -0.05) is 41.7 Å². The van der Waals surface area contributed by atoms with Crippen molar-refractivity contribution in [3.63, 3.8) is 0 Å². The number of esters is 1. The zero-order chi connectivity index (χ0) is 18.4. The van der Waals surface area contributed by atoms with Gasteiger partial charge in [0.2, 0.25) is 0 Å². The van der Waals surface area contributed by atoms with Crippen LogP contribution in [-0.4, -0.2) is 18.7 Å². The molecular formula is C18H17Cl3O4. The number of ether oxygens (including phenoxy) is 3. The predicted molar refractivity (Wildman–Crippen MR) is 99.3 cm³/mol. The van der Waals surface area contributed by atoms with Gasteiger partial charge < -0.3 is 14.2 Å². The highest BCUT2D eigenvalue weighted by atomic mass is 35.5. The molecule has 0 N–H and O–H groups in total. The minimum atomic E-state index is -0.744. The molecule has 0 bridgehead atoms. The van der Waals surface area contributed by atoms with Crippen molar-refractivity contribution in [3.8, 4) is 17.2 Å². The predicted octanol–water partition coefficient (Wildman–Crippen LogP) is 6.16. The fourth-order valence-electron chi connectivity index (χ4n) is 2.01. The highest BCUT2D eigenvalue weighted by molar-refractivity contribution is 6.35. The molecule has 1 atom stereocenters. The molecule has 134 valence electrons. The van der Waals surface area contributed by atoms with Crippen molar-refractivity contribution >= 4 is 40.8 Å². The highest BCUT2D eigenvalue weighted by Crippen LogP contribution is 2.35. The molecule has 2 aromatic carbocycles. The third kappa shape index (κ3) is 5.43. The molecular weight excluding hydrogens is 387 g/mol. The standard InChI is InChI=1S/C18H17Cl3O4/c1-3-15(18(22)23-4-2)25-17-10-12(6-7-13(17)20)24-16-8-5-11(19)9-14(16)21/h5-10,15H,3-4H2,1-2H3. The van der Waals surface area contributed by atoms with Gasteiger partial charge in [-0.15, -0.1) is 0 Å². The van der Waals surface area contributed by atoms with Crippen LogP contribution in [0.15, 0.2) is 36.4 Å². The molecule has 0 heterocycles. The van der Waals surface area contributed by atoms with Gasteiger partial charge in [-0.25, -0.2) is 4.79 Å². The van der Waals surface area contributed by atoms with Crippen molar-refractivity contribution in [2.75, 3.05) is 6.61 Å². The van der Waals surface area contributed by atoms with E-state index < -0.39 is 12.1 Å². The molecule has 0 amide bonds. The Hall–Kier alpha value is -1.62. The van der Waals surface area contributed by atoms with E-state index in [2.05, 4.69) is 0 Å². The minimum Gasteiger partial charge on any atom is -0.477 e. The molecule has 0 aliphatic rings. The van der Waals surface area contributed by atoms with Crippen LogP contribution in [0.1, 0.15) is 20.3 Å². The summed E-state index contributed by atoms with van der Waals surface area (Å²) in [7, 11) is 0. The lowest BCUT2D eigenvalue weighted by Crippen LogP contribution is -2.28. The fourth-order valence-corrected chi connectivity index (χ4v) is 2.62. The molecule has 25 heavy (non-hydrogen) atoms. The highest BCUT2D eigenvalue weighted by Gasteiger charge is 2.21. The summed E-state index contributed by atoms with van der Waals surface area (Å²) in [5, 5.41) is 1.25. The molecule has 0 saturated carbocycles. The van der Waals surface area contributed by atoms with E-state index in [1.165, 1.54) is 0 Å². The quantitative estimate of drug-likeness (QED) is 0.519. The number of benzene rings is 2. The van der Waals surface area contributed by atoms with Crippen molar-refractivity contribution in [2.24, 2.45) is 0 Å². The van der Waals surface area contributed by atoms with Crippen LogP contribution in [0.2, 0.25) is 15.1 Å². The summed E-state index contributed by atoms with van der Waals surface area (Å²) >= 11 is 18.1. The van der Waals surface area contributed by atoms with E-state index in [1.54, 1.807) is 43.3 Å². The number of carbonyl (C=O) groups is 1. The van der Waals surface area contributed by atoms with Gasteiger partial charge in [0.1, 0.15) is 17.2 Å². The molecule has 0 spiro atoms. The molecule has 0 aliphatic heterocycles. The SMILES string of the molecule is CCOC(=O)C(CC)Oc1cc(Oc2ccc(Cl)cc2Cl)ccc1Cl. The van der Waals surface area contributed by atoms with Crippen LogP contribution < -0.4 is 9.47 Å². The van der Waals surface area contributed by atoms with Crippen molar-refractivity contribution in [3.05, 3.63) is 51.5 Å². The van der Waals surface area contributed by atoms with Crippen LogP contribution in [0.3, 0.4) is 0 Å². The Kier molecular flexibility index (Phi) is 7.24. The molecule has 0 saturated heterocycles.